The number of fused-ring (bicyclic) bond motifs is 4. The molecule has 326 valence electrons. The number of benzene rings is 2. The molecule has 2 aromatic heterocycles. The average molecular weight is 941 g/mol. The molecule has 0 radical (unpaired) electrons. The van der Waals surface area contributed by atoms with Gasteiger partial charge in [-0.2, -0.15) is 0 Å². The summed E-state index contributed by atoms with van der Waals surface area (Å²) < 4.78 is 6.52. The van der Waals surface area contributed by atoms with Gasteiger partial charge in [0.2, 0.25) is 5.91 Å². The second kappa shape index (κ2) is 19.3. The molecule has 5 heterocycles. The summed E-state index contributed by atoms with van der Waals surface area (Å²) in [5.74, 6) is 1.97. The number of carbonyl (C=O) groups excluding carboxylic acids is 2. The first kappa shape index (κ1) is 44.4. The van der Waals surface area contributed by atoms with Gasteiger partial charge in [0, 0.05) is 65.2 Å². The molecule has 0 saturated carbocycles. The highest BCUT2D eigenvalue weighted by molar-refractivity contribution is 9.10. The average Bonchev–Trinajstić information content (AvgIpc) is 3.51. The maximum Gasteiger partial charge on any atom is 0.410 e. The lowest BCUT2D eigenvalue weighted by molar-refractivity contribution is -0.134. The zero-order valence-electron chi connectivity index (χ0n) is 35.9. The fourth-order valence-corrected chi connectivity index (χ4v) is 10.7. The number of halogens is 3. The van der Waals surface area contributed by atoms with E-state index in [1.165, 1.54) is 40.8 Å². The summed E-state index contributed by atoms with van der Waals surface area (Å²) in [5, 5.41) is 4.98. The van der Waals surface area contributed by atoms with Gasteiger partial charge < -0.3 is 25.6 Å². The summed E-state index contributed by atoms with van der Waals surface area (Å²) in [7, 11) is 0. The number of likely N-dealkylation sites (tertiary alicyclic amines) is 2. The first-order chi connectivity index (χ1) is 29.8. The van der Waals surface area contributed by atoms with Crippen molar-refractivity contribution in [3.8, 4) is 0 Å². The van der Waals surface area contributed by atoms with Crippen molar-refractivity contribution in [1.29, 1.82) is 0 Å². The Bertz CT molecular complexity index is 2230. The number of nitrogens with one attached hydrogen (secondary N) is 1. The van der Waals surface area contributed by atoms with Crippen molar-refractivity contribution in [3.63, 3.8) is 0 Å². The van der Waals surface area contributed by atoms with Crippen LogP contribution in [-0.4, -0.2) is 76.6 Å². The lowest BCUT2D eigenvalue weighted by atomic mass is 9.76. The topological polar surface area (TPSA) is 114 Å². The van der Waals surface area contributed by atoms with E-state index in [2.05, 4.69) is 69.8 Å². The first-order valence-electron chi connectivity index (χ1n) is 22.1. The Balaban J connectivity index is 0.000000194. The van der Waals surface area contributed by atoms with E-state index in [9.17, 15) is 9.59 Å². The number of amides is 2. The summed E-state index contributed by atoms with van der Waals surface area (Å²) >= 11 is 16.1. The maximum absolute atomic E-state index is 13.2. The minimum atomic E-state index is -0.496. The molecule has 9 rings (SSSR count). The molecular formula is C50H57BrCl2N6O3. The Morgan fingerprint density at radius 1 is 0.726 bits per heavy atom. The maximum atomic E-state index is 13.2. The Morgan fingerprint density at radius 3 is 1.82 bits per heavy atom. The number of rotatable bonds is 4. The Labute approximate surface area is 384 Å². The number of aromatic nitrogens is 2. The van der Waals surface area contributed by atoms with Crippen LogP contribution in [0, 0.1) is 17.8 Å². The molecule has 2 unspecified atom stereocenters. The van der Waals surface area contributed by atoms with Crippen molar-refractivity contribution in [1.82, 2.24) is 25.1 Å². The SMILES string of the molecule is CC(C)(C)OC(=O)N1CCC(CC(=O)N2CCC(C3c4ccc(Cl)cc4C=Cc4cc(N)cnc43)CC2)CC1.Clc1ccc2c(c1)C=Cc1cc(Br)cnc1C2C1CCNCC1. The number of nitrogen functional groups attached to an aromatic ring is 1. The minimum Gasteiger partial charge on any atom is -0.444 e. The smallest absolute Gasteiger partial charge is 0.410 e. The second-order valence-corrected chi connectivity index (χ2v) is 20.2. The highest BCUT2D eigenvalue weighted by Gasteiger charge is 2.36. The molecule has 2 aliphatic carbocycles. The van der Waals surface area contributed by atoms with Gasteiger partial charge >= 0.3 is 6.09 Å². The molecule has 3 aliphatic heterocycles. The Kier molecular flexibility index (Phi) is 13.8. The number of nitrogens with zero attached hydrogens (tertiary/aromatic N) is 4. The van der Waals surface area contributed by atoms with Crippen LogP contribution in [0.2, 0.25) is 10.0 Å². The number of pyridine rings is 2. The summed E-state index contributed by atoms with van der Waals surface area (Å²) in [6.07, 6.45) is 18.4. The lowest BCUT2D eigenvalue weighted by Crippen LogP contribution is -2.44. The zero-order chi connectivity index (χ0) is 43.5. The molecule has 5 aliphatic rings. The highest BCUT2D eigenvalue weighted by atomic mass is 79.9. The van der Waals surface area contributed by atoms with Crippen molar-refractivity contribution >= 4 is 81.1 Å². The normalized spacial score (nSPS) is 20.4. The number of hydrogen-bond acceptors (Lipinski definition) is 7. The van der Waals surface area contributed by atoms with Gasteiger partial charge in [0.25, 0.3) is 0 Å². The van der Waals surface area contributed by atoms with E-state index < -0.39 is 5.60 Å². The predicted octanol–water partition coefficient (Wildman–Crippen LogP) is 11.3. The van der Waals surface area contributed by atoms with E-state index in [0.29, 0.717) is 53.9 Å². The number of hydrogen-bond donors (Lipinski definition) is 2. The molecular weight excluding hydrogens is 883 g/mol. The van der Waals surface area contributed by atoms with E-state index in [1.807, 2.05) is 56.1 Å². The van der Waals surface area contributed by atoms with Crippen LogP contribution in [0.3, 0.4) is 0 Å². The number of ether oxygens (including phenoxy) is 1. The third kappa shape index (κ3) is 10.4. The van der Waals surface area contributed by atoms with Gasteiger partial charge in [0.05, 0.1) is 23.3 Å². The first-order valence-corrected chi connectivity index (χ1v) is 23.7. The van der Waals surface area contributed by atoms with Crippen LogP contribution < -0.4 is 11.1 Å². The molecule has 4 aromatic rings. The quantitative estimate of drug-likeness (QED) is 0.209. The van der Waals surface area contributed by atoms with Crippen molar-refractivity contribution in [2.75, 3.05) is 45.0 Å². The monoisotopic (exact) mass is 938 g/mol. The van der Waals surface area contributed by atoms with E-state index >= 15 is 0 Å². The van der Waals surface area contributed by atoms with E-state index in [-0.39, 0.29) is 17.9 Å². The summed E-state index contributed by atoms with van der Waals surface area (Å²) in [6, 6.07) is 16.5. The molecule has 2 atom stereocenters. The van der Waals surface area contributed by atoms with Gasteiger partial charge in [-0.15, -0.1) is 0 Å². The molecule has 62 heavy (non-hydrogen) atoms. The van der Waals surface area contributed by atoms with Crippen LogP contribution in [0.5, 0.6) is 0 Å². The van der Waals surface area contributed by atoms with Crippen molar-refractivity contribution in [2.24, 2.45) is 17.8 Å². The molecule has 0 spiro atoms. The number of anilines is 1. The number of carbonyl (C=O) groups is 2. The van der Waals surface area contributed by atoms with Gasteiger partial charge in [-0.3, -0.25) is 14.8 Å². The molecule has 12 heteroatoms. The Morgan fingerprint density at radius 2 is 1.24 bits per heavy atom. The fourth-order valence-electron chi connectivity index (χ4n) is 10.00. The summed E-state index contributed by atoms with van der Waals surface area (Å²) in [6.45, 7) is 10.6. The van der Waals surface area contributed by atoms with Gasteiger partial charge in [-0.1, -0.05) is 59.6 Å². The predicted molar refractivity (Wildman–Crippen MR) is 255 cm³/mol. The van der Waals surface area contributed by atoms with Gasteiger partial charge in [0.15, 0.2) is 0 Å². The highest BCUT2D eigenvalue weighted by Crippen LogP contribution is 2.45. The molecule has 2 amide bonds. The van der Waals surface area contributed by atoms with Crippen LogP contribution in [0.1, 0.15) is 122 Å². The van der Waals surface area contributed by atoms with Crippen molar-refractivity contribution in [2.45, 2.75) is 83.2 Å². The van der Waals surface area contributed by atoms with E-state index in [0.717, 1.165) is 78.2 Å². The van der Waals surface area contributed by atoms with Crippen molar-refractivity contribution < 1.29 is 14.3 Å². The minimum absolute atomic E-state index is 0.123. The van der Waals surface area contributed by atoms with Crippen LogP contribution in [0.15, 0.2) is 65.4 Å². The third-order valence-corrected chi connectivity index (χ3v) is 14.0. The van der Waals surface area contributed by atoms with E-state index in [4.69, 9.17) is 43.6 Å². The van der Waals surface area contributed by atoms with Crippen LogP contribution in [0.4, 0.5) is 10.5 Å². The lowest BCUT2D eigenvalue weighted by Gasteiger charge is -2.38. The molecule has 0 bridgehead atoms. The second-order valence-electron chi connectivity index (χ2n) is 18.5. The Hall–Kier alpha value is -4.22. The molecule has 2 aromatic carbocycles. The van der Waals surface area contributed by atoms with Crippen LogP contribution in [0.25, 0.3) is 24.3 Å². The van der Waals surface area contributed by atoms with Gasteiger partial charge in [-0.05, 0) is 176 Å². The summed E-state index contributed by atoms with van der Waals surface area (Å²) in [5.41, 5.74) is 15.6. The van der Waals surface area contributed by atoms with Gasteiger partial charge in [-0.25, -0.2) is 4.79 Å². The standard InChI is InChI=1S/C31H39ClN4O3.C19H18BrClN2/c1-31(2,3)39-30(38)36-12-8-20(9-13-36)16-27(37)35-14-10-21(11-15-35)28-26-7-6-24(32)17-22(26)4-5-23-18-25(33)19-34-29(23)28;20-15-9-14-2-1-13-10-16(21)3-4-17(13)18(19(14)23-11-15)12-5-7-22-8-6-12/h4-7,17-21,28H,8-16,33H2,1-3H3;1-4,9-12,18,22H,5-8H2. The number of piperidine rings is 3. The molecule has 3 fully saturated rings. The third-order valence-electron chi connectivity index (χ3n) is 13.1. The van der Waals surface area contributed by atoms with E-state index in [1.54, 1.807) is 11.1 Å². The van der Waals surface area contributed by atoms with Crippen LogP contribution in [-0.2, 0) is 9.53 Å². The summed E-state index contributed by atoms with van der Waals surface area (Å²) in [4.78, 5) is 39.0. The molecule has 3 saturated heterocycles. The van der Waals surface area contributed by atoms with Gasteiger partial charge in [0.1, 0.15) is 5.60 Å². The van der Waals surface area contributed by atoms with Crippen molar-refractivity contribution in [3.05, 3.63) is 120 Å². The molecule has 3 N–H and O–H groups in total. The number of nitrogens with two attached hydrogens (primary N) is 1. The molecule has 9 nitrogen and oxygen atoms in total. The fraction of sp³-hybridized carbons (Fsp3) is 0.440. The zero-order valence-corrected chi connectivity index (χ0v) is 39.0. The van der Waals surface area contributed by atoms with Crippen LogP contribution >= 0.6 is 39.1 Å². The largest absolute Gasteiger partial charge is 0.444 e.